The average Bonchev–Trinajstić information content (AvgIpc) is 2.82. The number of ether oxygens (including phenoxy) is 4. The van der Waals surface area contributed by atoms with E-state index in [-0.39, 0.29) is 0 Å². The summed E-state index contributed by atoms with van der Waals surface area (Å²) in [5.41, 5.74) is 1.43. The van der Waals surface area contributed by atoms with Crippen LogP contribution in [-0.2, 0) is 0 Å². The molecule has 0 unspecified atom stereocenters. The topological polar surface area (TPSA) is 109 Å². The van der Waals surface area contributed by atoms with Crippen molar-refractivity contribution >= 4 is 0 Å². The van der Waals surface area contributed by atoms with Crippen molar-refractivity contribution in [1.82, 2.24) is 10.6 Å². The number of nitrogens with one attached hydrogen (secondary N) is 2. The Labute approximate surface area is 183 Å². The van der Waals surface area contributed by atoms with E-state index in [1.165, 1.54) is 0 Å². The number of nitrogens with zero attached hydrogens (tertiary/aromatic N) is 2. The largest absolute Gasteiger partial charge is 0.493 e. The molecule has 0 aliphatic carbocycles. The van der Waals surface area contributed by atoms with Crippen molar-refractivity contribution in [2.75, 3.05) is 41.5 Å². The van der Waals surface area contributed by atoms with Crippen LogP contribution in [0.5, 0.6) is 23.0 Å². The van der Waals surface area contributed by atoms with Gasteiger partial charge in [0.2, 0.25) is 0 Å². The summed E-state index contributed by atoms with van der Waals surface area (Å²) in [5.74, 6) is 2.23. The molecule has 0 heterocycles. The molecule has 0 bridgehead atoms. The van der Waals surface area contributed by atoms with Crippen LogP contribution in [0.4, 0.5) is 0 Å². The Morgan fingerprint density at radius 1 is 0.710 bits per heavy atom. The molecular weight excluding hydrogens is 396 g/mol. The summed E-state index contributed by atoms with van der Waals surface area (Å²) in [6, 6.07) is 14.3. The van der Waals surface area contributed by atoms with Crippen molar-refractivity contribution in [3.63, 3.8) is 0 Å². The minimum atomic E-state index is -0.546. The van der Waals surface area contributed by atoms with Crippen LogP contribution in [0.25, 0.3) is 0 Å². The molecule has 0 radical (unpaired) electrons. The lowest BCUT2D eigenvalue weighted by molar-refractivity contribution is 0.348. The highest BCUT2D eigenvalue weighted by Crippen LogP contribution is 2.35. The molecule has 0 amide bonds. The number of methoxy groups -OCH3 is 4. The SMILES string of the molecule is COc1cccc([C@H](C#N)NCCCN[C@@H](C#N)c2cccc(OC)c2OC)c1OC. The summed E-state index contributed by atoms with van der Waals surface area (Å²) in [7, 11) is 6.22. The van der Waals surface area contributed by atoms with Gasteiger partial charge < -0.3 is 18.9 Å². The highest BCUT2D eigenvalue weighted by molar-refractivity contribution is 5.50. The second kappa shape index (κ2) is 12.3. The summed E-state index contributed by atoms with van der Waals surface area (Å²) in [6.45, 7) is 1.14. The molecule has 0 spiro atoms. The lowest BCUT2D eigenvalue weighted by Crippen LogP contribution is -2.27. The Morgan fingerprint density at radius 2 is 1.13 bits per heavy atom. The minimum Gasteiger partial charge on any atom is -0.493 e. The number of para-hydroxylation sites is 2. The molecule has 0 aliphatic heterocycles. The maximum absolute atomic E-state index is 9.61. The van der Waals surface area contributed by atoms with E-state index in [9.17, 15) is 10.5 Å². The Kier molecular flexibility index (Phi) is 9.44. The summed E-state index contributed by atoms with van der Waals surface area (Å²) in [5, 5.41) is 25.7. The predicted molar refractivity (Wildman–Crippen MR) is 116 cm³/mol. The molecule has 8 heteroatoms. The zero-order valence-corrected chi connectivity index (χ0v) is 18.3. The van der Waals surface area contributed by atoms with Gasteiger partial charge in [-0.2, -0.15) is 10.5 Å². The Hall–Kier alpha value is -3.46. The molecule has 2 aromatic rings. The zero-order chi connectivity index (χ0) is 22.6. The van der Waals surface area contributed by atoms with Crippen LogP contribution in [0.1, 0.15) is 29.6 Å². The predicted octanol–water partition coefficient (Wildman–Crippen LogP) is 3.12. The first kappa shape index (κ1) is 23.8. The van der Waals surface area contributed by atoms with Gasteiger partial charge in [-0.15, -0.1) is 0 Å². The van der Waals surface area contributed by atoms with E-state index >= 15 is 0 Å². The van der Waals surface area contributed by atoms with E-state index in [4.69, 9.17) is 18.9 Å². The molecule has 0 saturated heterocycles. The quantitative estimate of drug-likeness (QED) is 0.500. The molecule has 2 atom stereocenters. The van der Waals surface area contributed by atoms with Crippen LogP contribution in [0.2, 0.25) is 0 Å². The fourth-order valence-electron chi connectivity index (χ4n) is 3.31. The van der Waals surface area contributed by atoms with E-state index in [1.807, 2.05) is 24.3 Å². The van der Waals surface area contributed by atoms with Crippen LogP contribution in [0.3, 0.4) is 0 Å². The van der Waals surface area contributed by atoms with Gasteiger partial charge in [-0.3, -0.25) is 10.6 Å². The average molecular weight is 425 g/mol. The third-order valence-electron chi connectivity index (χ3n) is 4.80. The van der Waals surface area contributed by atoms with Crippen LogP contribution >= 0.6 is 0 Å². The van der Waals surface area contributed by atoms with Crippen molar-refractivity contribution in [2.45, 2.75) is 18.5 Å². The molecule has 2 aromatic carbocycles. The maximum atomic E-state index is 9.61. The van der Waals surface area contributed by atoms with Gasteiger partial charge in [0.25, 0.3) is 0 Å². The van der Waals surface area contributed by atoms with Crippen LogP contribution in [-0.4, -0.2) is 41.5 Å². The number of rotatable bonds is 12. The summed E-state index contributed by atoms with van der Waals surface area (Å²) in [6.07, 6.45) is 0.703. The molecule has 2 N–H and O–H groups in total. The van der Waals surface area contributed by atoms with E-state index in [0.29, 0.717) is 53.6 Å². The van der Waals surface area contributed by atoms with Gasteiger partial charge in [-0.25, -0.2) is 0 Å². The van der Waals surface area contributed by atoms with Gasteiger partial charge >= 0.3 is 0 Å². The van der Waals surface area contributed by atoms with Crippen molar-refractivity contribution in [3.8, 4) is 35.1 Å². The molecule has 164 valence electrons. The summed E-state index contributed by atoms with van der Waals surface area (Å²) >= 11 is 0. The molecular formula is C23H28N4O4. The monoisotopic (exact) mass is 424 g/mol. The second-order valence-electron chi connectivity index (χ2n) is 6.55. The van der Waals surface area contributed by atoms with Gasteiger partial charge in [0.05, 0.1) is 40.6 Å². The van der Waals surface area contributed by atoms with Gasteiger partial charge in [0.15, 0.2) is 23.0 Å². The highest BCUT2D eigenvalue weighted by Gasteiger charge is 2.20. The van der Waals surface area contributed by atoms with Crippen LogP contribution < -0.4 is 29.6 Å². The van der Waals surface area contributed by atoms with Gasteiger partial charge in [-0.05, 0) is 31.6 Å². The summed E-state index contributed by atoms with van der Waals surface area (Å²) < 4.78 is 21.5. The number of hydrogen-bond donors (Lipinski definition) is 2. The first-order chi connectivity index (χ1) is 15.1. The third kappa shape index (κ3) is 5.79. The Balaban J connectivity index is 1.96. The van der Waals surface area contributed by atoms with E-state index in [0.717, 1.165) is 0 Å². The van der Waals surface area contributed by atoms with Crippen molar-refractivity contribution in [1.29, 1.82) is 10.5 Å². The molecule has 31 heavy (non-hydrogen) atoms. The molecule has 0 aromatic heterocycles. The lowest BCUT2D eigenvalue weighted by Gasteiger charge is -2.19. The fraction of sp³-hybridized carbons (Fsp3) is 0.391. The number of hydrogen-bond acceptors (Lipinski definition) is 8. The normalized spacial score (nSPS) is 12.2. The smallest absolute Gasteiger partial charge is 0.166 e. The second-order valence-corrected chi connectivity index (χ2v) is 6.55. The summed E-state index contributed by atoms with van der Waals surface area (Å²) in [4.78, 5) is 0. The molecule has 0 fully saturated rings. The fourth-order valence-corrected chi connectivity index (χ4v) is 3.31. The molecule has 2 rings (SSSR count). The van der Waals surface area contributed by atoms with Gasteiger partial charge in [-0.1, -0.05) is 24.3 Å². The van der Waals surface area contributed by atoms with E-state index < -0.39 is 12.1 Å². The first-order valence-electron chi connectivity index (χ1n) is 9.82. The maximum Gasteiger partial charge on any atom is 0.166 e. The molecule has 0 aliphatic rings. The van der Waals surface area contributed by atoms with Gasteiger partial charge in [0, 0.05) is 11.1 Å². The van der Waals surface area contributed by atoms with E-state index in [1.54, 1.807) is 40.6 Å². The Morgan fingerprint density at radius 3 is 1.45 bits per heavy atom. The molecule has 0 saturated carbocycles. The zero-order valence-electron chi connectivity index (χ0n) is 18.3. The minimum absolute atomic E-state index is 0.539. The highest BCUT2D eigenvalue weighted by atomic mass is 16.5. The lowest BCUT2D eigenvalue weighted by atomic mass is 10.1. The number of nitriles is 2. The third-order valence-corrected chi connectivity index (χ3v) is 4.80. The van der Waals surface area contributed by atoms with Crippen molar-refractivity contribution in [3.05, 3.63) is 47.5 Å². The first-order valence-corrected chi connectivity index (χ1v) is 9.82. The number of benzene rings is 2. The van der Waals surface area contributed by atoms with Crippen LogP contribution in [0.15, 0.2) is 36.4 Å². The van der Waals surface area contributed by atoms with Crippen molar-refractivity contribution < 1.29 is 18.9 Å². The molecule has 8 nitrogen and oxygen atoms in total. The van der Waals surface area contributed by atoms with Crippen molar-refractivity contribution in [2.24, 2.45) is 0 Å². The van der Waals surface area contributed by atoms with Crippen LogP contribution in [0, 0.1) is 22.7 Å². The standard InChI is InChI=1S/C23H28N4O4/c1-28-20-10-5-8-16(22(20)30-3)18(14-24)26-12-7-13-27-19(15-25)17-9-6-11-21(29-2)23(17)31-4/h5-6,8-11,18-19,26-27H,7,12-13H2,1-4H3/t18-,19-/m0/s1. The van der Waals surface area contributed by atoms with Gasteiger partial charge in [0.1, 0.15) is 12.1 Å². The Bertz CT molecular complexity index is 861. The van der Waals surface area contributed by atoms with E-state index in [2.05, 4.69) is 22.8 Å².